The van der Waals surface area contributed by atoms with Crippen molar-refractivity contribution in [1.29, 1.82) is 5.26 Å². The minimum Gasteiger partial charge on any atom is -0.298 e. The summed E-state index contributed by atoms with van der Waals surface area (Å²) >= 11 is 0. The van der Waals surface area contributed by atoms with Gasteiger partial charge in [-0.2, -0.15) is 5.26 Å². The molecule has 0 aromatic heterocycles. The van der Waals surface area contributed by atoms with Crippen LogP contribution in [0.25, 0.3) is 0 Å². The summed E-state index contributed by atoms with van der Waals surface area (Å²) < 4.78 is 0. The molecule has 2 nitrogen and oxygen atoms in total. The predicted molar refractivity (Wildman–Crippen MR) is 80.2 cm³/mol. The molecule has 0 saturated carbocycles. The summed E-state index contributed by atoms with van der Waals surface area (Å²) in [6.45, 7) is 3.19. The zero-order chi connectivity index (χ0) is 13.8. The minimum atomic E-state index is 0.648. The maximum atomic E-state index is 8.95. The van der Waals surface area contributed by atoms with E-state index in [0.29, 0.717) is 5.92 Å². The lowest BCUT2D eigenvalue weighted by atomic mass is 9.99. The largest absolute Gasteiger partial charge is 0.298 e. The molecule has 20 heavy (non-hydrogen) atoms. The highest BCUT2D eigenvalue weighted by Gasteiger charge is 2.23. The van der Waals surface area contributed by atoms with Crippen LogP contribution in [0, 0.1) is 11.3 Å². The molecule has 1 aliphatic rings. The Morgan fingerprint density at radius 2 is 1.95 bits per heavy atom. The second-order valence-electron chi connectivity index (χ2n) is 5.44. The smallest absolute Gasteiger partial charge is 0.0991 e. The Bertz CT molecular complexity index is 613. The molecule has 0 amide bonds. The van der Waals surface area contributed by atoms with Gasteiger partial charge in [-0.15, -0.1) is 0 Å². The van der Waals surface area contributed by atoms with Gasteiger partial charge in [-0.1, -0.05) is 42.5 Å². The Morgan fingerprint density at radius 1 is 1.10 bits per heavy atom. The predicted octanol–water partition coefficient (Wildman–Crippen LogP) is 3.55. The van der Waals surface area contributed by atoms with Crippen molar-refractivity contribution in [3.8, 4) is 6.07 Å². The van der Waals surface area contributed by atoms with Crippen LogP contribution >= 0.6 is 0 Å². The van der Waals surface area contributed by atoms with Crippen LogP contribution in [-0.4, -0.2) is 18.0 Å². The number of nitriles is 1. The van der Waals surface area contributed by atoms with Gasteiger partial charge in [0.15, 0.2) is 0 Å². The Kier molecular flexibility index (Phi) is 3.80. The lowest BCUT2D eigenvalue weighted by molar-refractivity contribution is 0.327. The van der Waals surface area contributed by atoms with Gasteiger partial charge >= 0.3 is 0 Å². The fraction of sp³-hybridized carbons (Fsp3) is 0.278. The van der Waals surface area contributed by atoms with Crippen molar-refractivity contribution in [3.05, 3.63) is 71.3 Å². The summed E-state index contributed by atoms with van der Waals surface area (Å²) in [5.41, 5.74) is 3.43. The van der Waals surface area contributed by atoms with E-state index >= 15 is 0 Å². The molecule has 1 aliphatic heterocycles. The lowest BCUT2D eigenvalue weighted by Crippen LogP contribution is -2.19. The second kappa shape index (κ2) is 5.90. The summed E-state index contributed by atoms with van der Waals surface area (Å²) in [6, 6.07) is 20.9. The van der Waals surface area contributed by atoms with Crippen LogP contribution in [0.5, 0.6) is 0 Å². The first kappa shape index (κ1) is 12.9. The first-order valence-corrected chi connectivity index (χ1v) is 7.11. The van der Waals surface area contributed by atoms with E-state index in [1.54, 1.807) is 0 Å². The van der Waals surface area contributed by atoms with E-state index in [-0.39, 0.29) is 0 Å². The number of hydrogen-bond donors (Lipinski definition) is 0. The zero-order valence-electron chi connectivity index (χ0n) is 11.5. The standard InChI is InChI=1S/C18H18N2/c19-12-15-5-4-6-16(11-15)13-20-10-9-18(14-20)17-7-2-1-3-8-17/h1-8,11,18H,9-10,13-14H2/t18-/m0/s1. The summed E-state index contributed by atoms with van der Waals surface area (Å²) in [7, 11) is 0. The van der Waals surface area contributed by atoms with E-state index in [2.05, 4.69) is 47.4 Å². The van der Waals surface area contributed by atoms with Gasteiger partial charge in [0.25, 0.3) is 0 Å². The van der Waals surface area contributed by atoms with E-state index in [0.717, 1.165) is 25.2 Å². The summed E-state index contributed by atoms with van der Waals surface area (Å²) in [5.74, 6) is 0.648. The van der Waals surface area contributed by atoms with Gasteiger partial charge in [0.05, 0.1) is 11.6 Å². The molecule has 0 spiro atoms. The minimum absolute atomic E-state index is 0.648. The highest BCUT2D eigenvalue weighted by molar-refractivity contribution is 5.32. The van der Waals surface area contributed by atoms with Crippen LogP contribution in [-0.2, 0) is 6.54 Å². The molecule has 1 atom stereocenters. The molecule has 0 radical (unpaired) electrons. The van der Waals surface area contributed by atoms with Crippen LogP contribution in [0.15, 0.2) is 54.6 Å². The fourth-order valence-electron chi connectivity index (χ4n) is 2.97. The zero-order valence-corrected chi connectivity index (χ0v) is 11.5. The van der Waals surface area contributed by atoms with E-state index in [1.807, 2.05) is 18.2 Å². The average Bonchev–Trinajstić information content (AvgIpc) is 2.97. The fourth-order valence-corrected chi connectivity index (χ4v) is 2.97. The lowest BCUT2D eigenvalue weighted by Gasteiger charge is -2.16. The summed E-state index contributed by atoms with van der Waals surface area (Å²) in [4.78, 5) is 2.48. The third kappa shape index (κ3) is 2.89. The van der Waals surface area contributed by atoms with Gasteiger partial charge in [0, 0.05) is 13.1 Å². The molecule has 2 aromatic carbocycles. The van der Waals surface area contributed by atoms with E-state index in [9.17, 15) is 0 Å². The molecular weight excluding hydrogens is 244 g/mol. The first-order chi connectivity index (χ1) is 9.85. The quantitative estimate of drug-likeness (QED) is 0.846. The number of likely N-dealkylation sites (tertiary alicyclic amines) is 1. The highest BCUT2D eigenvalue weighted by Crippen LogP contribution is 2.27. The highest BCUT2D eigenvalue weighted by atomic mass is 15.1. The van der Waals surface area contributed by atoms with Crippen LogP contribution < -0.4 is 0 Å². The molecule has 3 rings (SSSR count). The van der Waals surface area contributed by atoms with Crippen molar-refractivity contribution in [2.45, 2.75) is 18.9 Å². The van der Waals surface area contributed by atoms with Gasteiger partial charge in [0.1, 0.15) is 0 Å². The van der Waals surface area contributed by atoms with Crippen molar-refractivity contribution >= 4 is 0 Å². The van der Waals surface area contributed by atoms with Crippen LogP contribution in [0.4, 0.5) is 0 Å². The summed E-state index contributed by atoms with van der Waals surface area (Å²) in [5, 5.41) is 8.95. The Labute approximate surface area is 120 Å². The van der Waals surface area contributed by atoms with Crippen LogP contribution in [0.2, 0.25) is 0 Å². The number of rotatable bonds is 3. The van der Waals surface area contributed by atoms with E-state index in [4.69, 9.17) is 5.26 Å². The van der Waals surface area contributed by atoms with Gasteiger partial charge < -0.3 is 0 Å². The topological polar surface area (TPSA) is 27.0 Å². The molecule has 0 aliphatic carbocycles. The Balaban J connectivity index is 1.64. The molecular formula is C18H18N2. The SMILES string of the molecule is N#Cc1cccc(CN2CC[C@H](c3ccccc3)C2)c1. The molecule has 0 N–H and O–H groups in total. The maximum absolute atomic E-state index is 8.95. The molecule has 1 saturated heterocycles. The molecule has 0 bridgehead atoms. The average molecular weight is 262 g/mol. The summed E-state index contributed by atoms with van der Waals surface area (Å²) in [6.07, 6.45) is 1.22. The van der Waals surface area contributed by atoms with Gasteiger partial charge in [0.2, 0.25) is 0 Å². The van der Waals surface area contributed by atoms with Crippen molar-refractivity contribution < 1.29 is 0 Å². The normalized spacial score (nSPS) is 18.9. The number of hydrogen-bond acceptors (Lipinski definition) is 2. The van der Waals surface area contributed by atoms with Crippen LogP contribution in [0.1, 0.15) is 29.0 Å². The van der Waals surface area contributed by atoms with Crippen LogP contribution in [0.3, 0.4) is 0 Å². The van der Waals surface area contributed by atoms with Gasteiger partial charge in [-0.3, -0.25) is 4.90 Å². The maximum Gasteiger partial charge on any atom is 0.0991 e. The van der Waals surface area contributed by atoms with Crippen molar-refractivity contribution in [3.63, 3.8) is 0 Å². The van der Waals surface area contributed by atoms with Crippen molar-refractivity contribution in [1.82, 2.24) is 4.90 Å². The van der Waals surface area contributed by atoms with Crippen molar-refractivity contribution in [2.75, 3.05) is 13.1 Å². The monoisotopic (exact) mass is 262 g/mol. The first-order valence-electron chi connectivity index (χ1n) is 7.11. The second-order valence-corrected chi connectivity index (χ2v) is 5.44. The van der Waals surface area contributed by atoms with Crippen molar-refractivity contribution in [2.24, 2.45) is 0 Å². The molecule has 1 heterocycles. The molecule has 0 unspecified atom stereocenters. The van der Waals surface area contributed by atoms with Gasteiger partial charge in [-0.05, 0) is 42.1 Å². The third-order valence-corrected chi connectivity index (χ3v) is 4.01. The number of nitrogens with zero attached hydrogens (tertiary/aromatic N) is 2. The molecule has 2 heteroatoms. The Morgan fingerprint density at radius 3 is 2.75 bits per heavy atom. The van der Waals surface area contributed by atoms with E-state index in [1.165, 1.54) is 17.5 Å². The van der Waals surface area contributed by atoms with Gasteiger partial charge in [-0.25, -0.2) is 0 Å². The number of benzene rings is 2. The molecule has 100 valence electrons. The third-order valence-electron chi connectivity index (χ3n) is 4.01. The molecule has 1 fully saturated rings. The molecule has 2 aromatic rings. The Hall–Kier alpha value is -2.11. The van der Waals surface area contributed by atoms with E-state index < -0.39 is 0 Å².